The summed E-state index contributed by atoms with van der Waals surface area (Å²) in [5, 5.41) is 1.02. The molecule has 0 saturated heterocycles. The smallest absolute Gasteiger partial charge is 0.250 e. The Bertz CT molecular complexity index is 471. The van der Waals surface area contributed by atoms with Crippen molar-refractivity contribution in [1.82, 2.24) is 4.98 Å². The molecule has 0 aliphatic carbocycles. The molecule has 0 bridgehead atoms. The van der Waals surface area contributed by atoms with E-state index in [2.05, 4.69) is 4.98 Å². The van der Waals surface area contributed by atoms with Gasteiger partial charge in [0.25, 0.3) is 5.91 Å². The van der Waals surface area contributed by atoms with E-state index in [1.54, 1.807) is 6.07 Å². The maximum atomic E-state index is 11.0. The van der Waals surface area contributed by atoms with Crippen molar-refractivity contribution in [2.24, 2.45) is 5.73 Å². The third kappa shape index (κ3) is 1.18. The minimum absolute atomic E-state index is 0.396. The summed E-state index contributed by atoms with van der Waals surface area (Å²) in [6, 6.07) is 7.49. The van der Waals surface area contributed by atoms with E-state index in [0.29, 0.717) is 5.56 Å². The predicted octanol–water partition coefficient (Wildman–Crippen LogP) is 1.58. The Morgan fingerprint density at radius 3 is 2.92 bits per heavy atom. The van der Waals surface area contributed by atoms with Crippen LogP contribution in [0.5, 0.6) is 0 Å². The number of carbonyl (C=O) groups is 1. The minimum Gasteiger partial charge on any atom is -0.366 e. The van der Waals surface area contributed by atoms with Gasteiger partial charge in [0.05, 0.1) is 11.1 Å². The van der Waals surface area contributed by atoms with E-state index in [-0.39, 0.29) is 0 Å². The highest BCUT2D eigenvalue weighted by atomic mass is 16.1. The Morgan fingerprint density at radius 2 is 2.23 bits per heavy atom. The van der Waals surface area contributed by atoms with Crippen LogP contribution in [0.25, 0.3) is 10.9 Å². The van der Waals surface area contributed by atoms with Crippen molar-refractivity contribution in [3.8, 4) is 0 Å². The van der Waals surface area contributed by atoms with Gasteiger partial charge in [-0.3, -0.25) is 4.79 Å². The molecular weight excluding hydrogens is 164 g/mol. The van der Waals surface area contributed by atoms with Gasteiger partial charge in [0, 0.05) is 11.1 Å². The molecule has 0 fully saturated rings. The predicted molar refractivity (Wildman–Crippen MR) is 51.6 cm³/mol. The van der Waals surface area contributed by atoms with Crippen LogP contribution in [0.2, 0.25) is 0 Å². The lowest BCUT2D eigenvalue weighted by Crippen LogP contribution is -2.11. The summed E-state index contributed by atoms with van der Waals surface area (Å²) >= 11 is 0. The summed E-state index contributed by atoms with van der Waals surface area (Å²) in [4.78, 5) is 14.1. The van der Waals surface area contributed by atoms with Crippen molar-refractivity contribution in [2.45, 2.75) is 6.92 Å². The minimum atomic E-state index is -0.396. The van der Waals surface area contributed by atoms with Gasteiger partial charge < -0.3 is 10.7 Å². The molecule has 1 amide bonds. The van der Waals surface area contributed by atoms with Crippen LogP contribution in [-0.2, 0) is 0 Å². The number of hydrogen-bond acceptors (Lipinski definition) is 1. The number of rotatable bonds is 1. The molecular formula is C10H10N2O. The normalized spacial score (nSPS) is 10.5. The van der Waals surface area contributed by atoms with Gasteiger partial charge in [0.15, 0.2) is 0 Å². The third-order valence-corrected chi connectivity index (χ3v) is 2.06. The molecule has 66 valence electrons. The monoisotopic (exact) mass is 174 g/mol. The molecule has 1 aromatic carbocycles. The van der Waals surface area contributed by atoms with Crippen LogP contribution in [0, 0.1) is 6.92 Å². The molecule has 13 heavy (non-hydrogen) atoms. The number of benzene rings is 1. The Morgan fingerprint density at radius 1 is 1.46 bits per heavy atom. The first kappa shape index (κ1) is 7.86. The van der Waals surface area contributed by atoms with Crippen molar-refractivity contribution >= 4 is 16.8 Å². The lowest BCUT2D eigenvalue weighted by atomic mass is 10.1. The maximum absolute atomic E-state index is 11.0. The summed E-state index contributed by atoms with van der Waals surface area (Å²) in [6.07, 6.45) is 0. The second-order valence-corrected chi connectivity index (χ2v) is 3.09. The van der Waals surface area contributed by atoms with Crippen LogP contribution in [0.1, 0.15) is 16.1 Å². The van der Waals surface area contributed by atoms with Crippen molar-refractivity contribution in [3.05, 3.63) is 35.5 Å². The van der Waals surface area contributed by atoms with E-state index in [0.717, 1.165) is 16.6 Å². The third-order valence-electron chi connectivity index (χ3n) is 2.06. The summed E-state index contributed by atoms with van der Waals surface area (Å²) in [6.45, 7) is 1.95. The number of nitrogens with two attached hydrogens (primary N) is 1. The van der Waals surface area contributed by atoms with Crippen LogP contribution in [0.15, 0.2) is 24.3 Å². The number of para-hydroxylation sites is 1. The summed E-state index contributed by atoms with van der Waals surface area (Å²) in [5.74, 6) is -0.396. The van der Waals surface area contributed by atoms with E-state index >= 15 is 0 Å². The van der Waals surface area contributed by atoms with E-state index in [4.69, 9.17) is 5.73 Å². The Kier molecular flexibility index (Phi) is 1.59. The highest BCUT2D eigenvalue weighted by Crippen LogP contribution is 2.18. The SMILES string of the molecule is Cc1cc2cccc(C(N)=O)c2[nH]1. The van der Waals surface area contributed by atoms with Crippen LogP contribution < -0.4 is 5.73 Å². The van der Waals surface area contributed by atoms with Crippen LogP contribution in [-0.4, -0.2) is 10.9 Å². The number of aromatic amines is 1. The lowest BCUT2D eigenvalue weighted by Gasteiger charge is -1.96. The number of aryl methyl sites for hydroxylation is 1. The van der Waals surface area contributed by atoms with Crippen molar-refractivity contribution in [1.29, 1.82) is 0 Å². The van der Waals surface area contributed by atoms with E-state index in [9.17, 15) is 4.79 Å². The number of amides is 1. The number of primary amides is 1. The lowest BCUT2D eigenvalue weighted by molar-refractivity contribution is 0.100. The molecule has 3 nitrogen and oxygen atoms in total. The molecule has 0 spiro atoms. The second kappa shape index (κ2) is 2.62. The van der Waals surface area contributed by atoms with E-state index < -0.39 is 5.91 Å². The Hall–Kier alpha value is -1.77. The number of H-pyrrole nitrogens is 1. The van der Waals surface area contributed by atoms with Gasteiger partial charge in [0.1, 0.15) is 0 Å². The summed E-state index contributed by atoms with van der Waals surface area (Å²) in [7, 11) is 0. The largest absolute Gasteiger partial charge is 0.366 e. The average Bonchev–Trinajstić information content (AvgIpc) is 2.43. The van der Waals surface area contributed by atoms with Gasteiger partial charge in [-0.1, -0.05) is 12.1 Å². The molecule has 0 aliphatic rings. The number of fused-ring (bicyclic) bond motifs is 1. The van der Waals surface area contributed by atoms with Crippen LogP contribution in [0.3, 0.4) is 0 Å². The molecule has 1 aromatic heterocycles. The number of carbonyl (C=O) groups excluding carboxylic acids is 1. The van der Waals surface area contributed by atoms with Crippen molar-refractivity contribution < 1.29 is 4.79 Å². The molecule has 3 heteroatoms. The first-order valence-electron chi connectivity index (χ1n) is 4.06. The van der Waals surface area contributed by atoms with Crippen LogP contribution >= 0.6 is 0 Å². The van der Waals surface area contributed by atoms with Gasteiger partial charge in [-0.2, -0.15) is 0 Å². The number of aromatic nitrogens is 1. The quantitative estimate of drug-likeness (QED) is 0.677. The zero-order chi connectivity index (χ0) is 9.42. The zero-order valence-corrected chi connectivity index (χ0v) is 7.29. The van der Waals surface area contributed by atoms with Crippen LogP contribution in [0.4, 0.5) is 0 Å². The molecule has 0 aliphatic heterocycles. The molecule has 1 heterocycles. The second-order valence-electron chi connectivity index (χ2n) is 3.09. The Labute approximate surface area is 75.6 Å². The standard InChI is InChI=1S/C10H10N2O/c1-6-5-7-3-2-4-8(10(11)13)9(7)12-6/h2-5,12H,1H3,(H2,11,13). The van der Waals surface area contributed by atoms with Crippen molar-refractivity contribution in [2.75, 3.05) is 0 Å². The van der Waals surface area contributed by atoms with Gasteiger partial charge in [-0.15, -0.1) is 0 Å². The fourth-order valence-electron chi connectivity index (χ4n) is 1.50. The van der Waals surface area contributed by atoms with Gasteiger partial charge in [-0.25, -0.2) is 0 Å². The van der Waals surface area contributed by atoms with Gasteiger partial charge in [0.2, 0.25) is 0 Å². The van der Waals surface area contributed by atoms with Crippen molar-refractivity contribution in [3.63, 3.8) is 0 Å². The Balaban J connectivity index is 2.82. The zero-order valence-electron chi connectivity index (χ0n) is 7.29. The fourth-order valence-corrected chi connectivity index (χ4v) is 1.50. The van der Waals surface area contributed by atoms with Gasteiger partial charge in [-0.05, 0) is 19.1 Å². The molecule has 2 rings (SSSR count). The highest BCUT2D eigenvalue weighted by Gasteiger charge is 2.07. The topological polar surface area (TPSA) is 58.9 Å². The molecule has 2 aromatic rings. The maximum Gasteiger partial charge on any atom is 0.250 e. The highest BCUT2D eigenvalue weighted by molar-refractivity contribution is 6.05. The summed E-state index contributed by atoms with van der Waals surface area (Å²) in [5.41, 5.74) is 7.63. The molecule has 0 saturated carbocycles. The molecule has 3 N–H and O–H groups in total. The first-order valence-corrected chi connectivity index (χ1v) is 4.06. The average molecular weight is 174 g/mol. The number of hydrogen-bond donors (Lipinski definition) is 2. The number of nitrogens with one attached hydrogen (secondary N) is 1. The summed E-state index contributed by atoms with van der Waals surface area (Å²) < 4.78 is 0. The van der Waals surface area contributed by atoms with Gasteiger partial charge >= 0.3 is 0 Å². The fraction of sp³-hybridized carbons (Fsp3) is 0.100. The van der Waals surface area contributed by atoms with E-state index in [1.165, 1.54) is 0 Å². The molecule has 0 radical (unpaired) electrons. The molecule has 0 atom stereocenters. The van der Waals surface area contributed by atoms with E-state index in [1.807, 2.05) is 25.1 Å². The first-order chi connectivity index (χ1) is 6.18. The molecule has 0 unspecified atom stereocenters.